The van der Waals surface area contributed by atoms with Crippen molar-refractivity contribution >= 4 is 22.9 Å². The molecule has 1 N–H and O–H groups in total. The summed E-state index contributed by atoms with van der Waals surface area (Å²) in [6, 6.07) is 0. The van der Waals surface area contributed by atoms with E-state index in [1.54, 1.807) is 0 Å². The van der Waals surface area contributed by atoms with Gasteiger partial charge in [-0.15, -0.1) is 11.3 Å². The third-order valence-electron chi connectivity index (χ3n) is 0.661. The van der Waals surface area contributed by atoms with Crippen LogP contribution in [0, 0.1) is 0 Å². The van der Waals surface area contributed by atoms with Crippen LogP contribution in [0.15, 0.2) is 6.20 Å². The van der Waals surface area contributed by atoms with E-state index in [9.17, 15) is 0 Å². The van der Waals surface area contributed by atoms with E-state index >= 15 is 0 Å². The molecular formula is C4H4ClNOS. The van der Waals surface area contributed by atoms with E-state index in [2.05, 4.69) is 4.98 Å². The zero-order chi connectivity index (χ0) is 5.98. The minimum atomic E-state index is -0.0165. The molecule has 0 aliphatic rings. The minimum Gasteiger partial charge on any atom is -0.389 e. The van der Waals surface area contributed by atoms with Crippen molar-refractivity contribution in [1.29, 1.82) is 0 Å². The minimum absolute atomic E-state index is 0.0165. The molecule has 8 heavy (non-hydrogen) atoms. The van der Waals surface area contributed by atoms with Crippen LogP contribution >= 0.6 is 22.9 Å². The Balaban J connectivity index is 2.84. The highest BCUT2D eigenvalue weighted by atomic mass is 35.5. The fourth-order valence-electron chi connectivity index (χ4n) is 0.361. The molecule has 0 saturated heterocycles. The maximum atomic E-state index is 8.44. The van der Waals surface area contributed by atoms with Crippen LogP contribution in [0.3, 0.4) is 0 Å². The Kier molecular flexibility index (Phi) is 1.83. The summed E-state index contributed by atoms with van der Waals surface area (Å²) in [7, 11) is 0. The number of halogens is 1. The molecule has 44 valence electrons. The summed E-state index contributed by atoms with van der Waals surface area (Å²) in [5.74, 6) is 0. The molecule has 0 aliphatic carbocycles. The van der Waals surface area contributed by atoms with E-state index in [4.69, 9.17) is 16.7 Å². The van der Waals surface area contributed by atoms with Crippen molar-refractivity contribution in [1.82, 2.24) is 4.98 Å². The molecule has 0 spiro atoms. The number of hydrogen-bond acceptors (Lipinski definition) is 3. The summed E-state index contributed by atoms with van der Waals surface area (Å²) in [6.07, 6.45) is 1.53. The van der Waals surface area contributed by atoms with Gasteiger partial charge in [0, 0.05) is 0 Å². The van der Waals surface area contributed by atoms with Crippen molar-refractivity contribution in [2.75, 3.05) is 0 Å². The summed E-state index contributed by atoms with van der Waals surface area (Å²) in [6.45, 7) is -0.0165. The van der Waals surface area contributed by atoms with Gasteiger partial charge in [-0.05, 0) is 0 Å². The second-order valence-corrected chi connectivity index (χ2v) is 2.96. The number of aliphatic hydroxyl groups is 1. The van der Waals surface area contributed by atoms with Gasteiger partial charge in [-0.2, -0.15) is 0 Å². The zero-order valence-corrected chi connectivity index (χ0v) is 5.54. The molecule has 4 heteroatoms. The first-order valence-electron chi connectivity index (χ1n) is 2.04. The van der Waals surface area contributed by atoms with Crippen molar-refractivity contribution in [3.8, 4) is 0 Å². The van der Waals surface area contributed by atoms with E-state index in [1.165, 1.54) is 17.5 Å². The number of aliphatic hydroxyl groups excluding tert-OH is 1. The highest BCUT2D eigenvalue weighted by Crippen LogP contribution is 2.17. The van der Waals surface area contributed by atoms with E-state index < -0.39 is 0 Å². The first kappa shape index (κ1) is 6.01. The Labute approximate surface area is 55.8 Å². The second kappa shape index (κ2) is 2.44. The van der Waals surface area contributed by atoms with Gasteiger partial charge in [-0.3, -0.25) is 0 Å². The molecule has 0 atom stereocenters. The smallest absolute Gasteiger partial charge is 0.119 e. The largest absolute Gasteiger partial charge is 0.389 e. The van der Waals surface area contributed by atoms with Gasteiger partial charge in [0.1, 0.15) is 9.34 Å². The maximum absolute atomic E-state index is 8.44. The Morgan fingerprint density at radius 2 is 2.62 bits per heavy atom. The molecule has 0 amide bonds. The standard InChI is InChI=1S/C4H4ClNOS/c5-3-1-6-4(2-7)8-3/h1,7H,2H2. The fourth-order valence-corrected chi connectivity index (χ4v) is 1.18. The predicted molar refractivity (Wildman–Crippen MR) is 33.0 cm³/mol. The van der Waals surface area contributed by atoms with Crippen LogP contribution in [-0.2, 0) is 6.61 Å². The van der Waals surface area contributed by atoms with Crippen LogP contribution in [0.5, 0.6) is 0 Å². The molecule has 1 heterocycles. The molecule has 1 rings (SSSR count). The third kappa shape index (κ3) is 1.18. The van der Waals surface area contributed by atoms with Gasteiger partial charge in [-0.1, -0.05) is 11.6 Å². The van der Waals surface area contributed by atoms with Crippen LogP contribution in [-0.4, -0.2) is 10.1 Å². The highest BCUT2D eigenvalue weighted by Gasteiger charge is 1.94. The van der Waals surface area contributed by atoms with Gasteiger partial charge in [0.25, 0.3) is 0 Å². The summed E-state index contributed by atoms with van der Waals surface area (Å²) >= 11 is 6.78. The summed E-state index contributed by atoms with van der Waals surface area (Å²) in [5.41, 5.74) is 0. The molecular weight excluding hydrogens is 146 g/mol. The lowest BCUT2D eigenvalue weighted by atomic mass is 10.8. The van der Waals surface area contributed by atoms with Crippen molar-refractivity contribution in [2.45, 2.75) is 6.61 Å². The molecule has 2 nitrogen and oxygen atoms in total. The number of thiazole rings is 1. The van der Waals surface area contributed by atoms with Gasteiger partial charge >= 0.3 is 0 Å². The molecule has 0 radical (unpaired) electrons. The van der Waals surface area contributed by atoms with Gasteiger partial charge in [0.05, 0.1) is 12.8 Å². The summed E-state index contributed by atoms with van der Waals surface area (Å²) in [4.78, 5) is 3.77. The molecule has 0 aromatic carbocycles. The van der Waals surface area contributed by atoms with E-state index in [-0.39, 0.29) is 6.61 Å². The van der Waals surface area contributed by atoms with Crippen LogP contribution in [0.1, 0.15) is 5.01 Å². The van der Waals surface area contributed by atoms with Crippen LogP contribution in [0.2, 0.25) is 4.34 Å². The quantitative estimate of drug-likeness (QED) is 0.653. The SMILES string of the molecule is OCc1ncc(Cl)s1. The van der Waals surface area contributed by atoms with E-state index in [1.807, 2.05) is 0 Å². The van der Waals surface area contributed by atoms with Gasteiger partial charge < -0.3 is 5.11 Å². The molecule has 0 saturated carbocycles. The topological polar surface area (TPSA) is 33.1 Å². The number of aromatic nitrogens is 1. The van der Waals surface area contributed by atoms with Crippen LogP contribution in [0.25, 0.3) is 0 Å². The lowest BCUT2D eigenvalue weighted by Gasteiger charge is -1.77. The summed E-state index contributed by atoms with van der Waals surface area (Å²) in [5, 5.41) is 9.10. The molecule has 0 bridgehead atoms. The zero-order valence-electron chi connectivity index (χ0n) is 3.97. The van der Waals surface area contributed by atoms with E-state index in [0.29, 0.717) is 9.34 Å². The van der Waals surface area contributed by atoms with Crippen molar-refractivity contribution < 1.29 is 5.11 Å². The maximum Gasteiger partial charge on any atom is 0.119 e. The monoisotopic (exact) mass is 149 g/mol. The summed E-state index contributed by atoms with van der Waals surface area (Å²) < 4.78 is 0.619. The Hall–Kier alpha value is -0.120. The molecule has 0 fully saturated rings. The molecule has 1 aromatic rings. The van der Waals surface area contributed by atoms with Crippen LogP contribution in [0.4, 0.5) is 0 Å². The number of hydrogen-bond donors (Lipinski definition) is 1. The lowest BCUT2D eigenvalue weighted by Crippen LogP contribution is -1.75. The van der Waals surface area contributed by atoms with Gasteiger partial charge in [-0.25, -0.2) is 4.98 Å². The van der Waals surface area contributed by atoms with Gasteiger partial charge in [0.15, 0.2) is 0 Å². The third-order valence-corrected chi connectivity index (χ3v) is 1.76. The highest BCUT2D eigenvalue weighted by molar-refractivity contribution is 7.15. The normalized spacial score (nSPS) is 9.75. The first-order chi connectivity index (χ1) is 3.83. The molecule has 0 aliphatic heterocycles. The lowest BCUT2D eigenvalue weighted by molar-refractivity contribution is 0.281. The average Bonchev–Trinajstić information content (AvgIpc) is 2.14. The average molecular weight is 150 g/mol. The van der Waals surface area contributed by atoms with E-state index in [0.717, 1.165) is 0 Å². The Bertz CT molecular complexity index is 176. The molecule has 1 aromatic heterocycles. The molecule has 0 unspecified atom stereocenters. The number of nitrogens with zero attached hydrogens (tertiary/aromatic N) is 1. The van der Waals surface area contributed by atoms with Crippen molar-refractivity contribution in [3.63, 3.8) is 0 Å². The van der Waals surface area contributed by atoms with Crippen molar-refractivity contribution in [3.05, 3.63) is 15.5 Å². The van der Waals surface area contributed by atoms with Gasteiger partial charge in [0.2, 0.25) is 0 Å². The predicted octanol–water partition coefficient (Wildman–Crippen LogP) is 1.29. The Morgan fingerprint density at radius 3 is 2.88 bits per heavy atom. The van der Waals surface area contributed by atoms with Crippen molar-refractivity contribution in [2.24, 2.45) is 0 Å². The fraction of sp³-hybridized carbons (Fsp3) is 0.250. The first-order valence-corrected chi connectivity index (χ1v) is 3.23. The second-order valence-electron chi connectivity index (χ2n) is 1.22. The number of rotatable bonds is 1. The van der Waals surface area contributed by atoms with Crippen LogP contribution < -0.4 is 0 Å². The Morgan fingerprint density at radius 1 is 1.88 bits per heavy atom.